The third kappa shape index (κ3) is 8.97. The Bertz CT molecular complexity index is 573. The van der Waals surface area contributed by atoms with Crippen molar-refractivity contribution in [1.82, 2.24) is 0 Å². The van der Waals surface area contributed by atoms with Crippen LogP contribution in [0.25, 0.3) is 0 Å². The molecule has 0 aromatic carbocycles. The number of esters is 3. The Kier molecular flexibility index (Phi) is 10.7. The molecule has 1 fully saturated rings. The van der Waals surface area contributed by atoms with Crippen molar-refractivity contribution in [3.05, 3.63) is 0 Å². The summed E-state index contributed by atoms with van der Waals surface area (Å²) in [6.07, 6.45) is -6.69. The first kappa shape index (κ1) is 26.3. The van der Waals surface area contributed by atoms with Crippen molar-refractivity contribution in [1.29, 1.82) is 0 Å². The van der Waals surface area contributed by atoms with Crippen molar-refractivity contribution in [3.63, 3.8) is 0 Å². The summed E-state index contributed by atoms with van der Waals surface area (Å²) < 4.78 is 21.1. The van der Waals surface area contributed by atoms with Gasteiger partial charge in [0, 0.05) is 19.3 Å². The Morgan fingerprint density at radius 2 is 1.23 bits per heavy atom. The zero-order valence-corrected chi connectivity index (χ0v) is 18.7. The molecule has 174 valence electrons. The molecule has 1 aliphatic rings. The van der Waals surface area contributed by atoms with Crippen LogP contribution in [0.1, 0.15) is 60.8 Å². The molecule has 9 heteroatoms. The largest absolute Gasteiger partial charge is 0.463 e. The van der Waals surface area contributed by atoms with Crippen molar-refractivity contribution >= 4 is 17.9 Å². The molecule has 1 heterocycles. The number of aliphatic hydroxyl groups excluding tert-OH is 2. The first-order valence-electron chi connectivity index (χ1n) is 10.5. The van der Waals surface area contributed by atoms with Gasteiger partial charge in [0.1, 0.15) is 18.8 Å². The lowest BCUT2D eigenvalue weighted by atomic mass is 9.98. The maximum Gasteiger partial charge on any atom is 0.308 e. The minimum absolute atomic E-state index is 0.0130. The molecule has 1 saturated heterocycles. The summed E-state index contributed by atoms with van der Waals surface area (Å²) >= 11 is 0. The quantitative estimate of drug-likeness (QED) is 0.390. The van der Waals surface area contributed by atoms with Gasteiger partial charge in [0.2, 0.25) is 6.29 Å². The molecule has 1 rings (SSSR count). The number of ether oxygens (including phenoxy) is 4. The standard InChI is InChI=1S/C21H36O9/c1-11(2)7-15(22)27-10-14-18(25)20(29-16(23)8-12(3)4)19(26)21(28-14)30-17(24)9-13(5)6/h11-14,18-21,25-26H,7-10H2,1-6H3/t14-,18-,19-,20+,21+/m1/s1. The Labute approximate surface area is 178 Å². The molecule has 0 amide bonds. The van der Waals surface area contributed by atoms with E-state index in [9.17, 15) is 24.6 Å². The smallest absolute Gasteiger partial charge is 0.308 e. The lowest BCUT2D eigenvalue weighted by molar-refractivity contribution is -0.296. The minimum Gasteiger partial charge on any atom is -0.463 e. The first-order valence-corrected chi connectivity index (χ1v) is 10.5. The fraction of sp³-hybridized carbons (Fsp3) is 0.857. The highest BCUT2D eigenvalue weighted by Crippen LogP contribution is 2.26. The molecule has 0 aromatic rings. The van der Waals surface area contributed by atoms with Crippen LogP contribution in [-0.4, -0.2) is 65.4 Å². The third-order valence-electron chi connectivity index (χ3n) is 4.29. The summed E-state index contributed by atoms with van der Waals surface area (Å²) in [5.41, 5.74) is 0. The van der Waals surface area contributed by atoms with Gasteiger partial charge in [-0.2, -0.15) is 0 Å². The van der Waals surface area contributed by atoms with Gasteiger partial charge in [0.15, 0.2) is 12.2 Å². The van der Waals surface area contributed by atoms with E-state index in [2.05, 4.69) is 0 Å². The molecule has 0 spiro atoms. The second-order valence-electron chi connectivity index (χ2n) is 8.95. The first-order chi connectivity index (χ1) is 13.9. The molecule has 2 N–H and O–H groups in total. The van der Waals surface area contributed by atoms with E-state index < -0.39 is 48.6 Å². The predicted octanol–water partition coefficient (Wildman–Crippen LogP) is 1.57. The topological polar surface area (TPSA) is 129 Å². The Morgan fingerprint density at radius 3 is 1.73 bits per heavy atom. The Morgan fingerprint density at radius 1 is 0.767 bits per heavy atom. The highest BCUT2D eigenvalue weighted by atomic mass is 16.7. The Balaban J connectivity index is 2.91. The number of aliphatic hydroxyl groups is 2. The molecule has 0 radical (unpaired) electrons. The highest BCUT2D eigenvalue weighted by Gasteiger charge is 2.49. The van der Waals surface area contributed by atoms with Crippen LogP contribution >= 0.6 is 0 Å². The fourth-order valence-corrected chi connectivity index (χ4v) is 2.89. The highest BCUT2D eigenvalue weighted by molar-refractivity contribution is 5.70. The zero-order chi connectivity index (χ0) is 23.0. The van der Waals surface area contributed by atoms with E-state index in [1.54, 1.807) is 0 Å². The van der Waals surface area contributed by atoms with Crippen LogP contribution in [0.15, 0.2) is 0 Å². The average molecular weight is 433 g/mol. The van der Waals surface area contributed by atoms with Gasteiger partial charge in [-0.15, -0.1) is 0 Å². The SMILES string of the molecule is CC(C)CC(=O)OC[C@H]1O[C@@H](OC(=O)CC(C)C)[C@H](O)[C@@H](OC(=O)CC(C)C)[C@@H]1O. The van der Waals surface area contributed by atoms with Crippen LogP contribution in [0.3, 0.4) is 0 Å². The van der Waals surface area contributed by atoms with E-state index in [4.69, 9.17) is 18.9 Å². The molecule has 0 bridgehead atoms. The van der Waals surface area contributed by atoms with Crippen LogP contribution in [-0.2, 0) is 33.3 Å². The summed E-state index contributed by atoms with van der Waals surface area (Å²) in [4.78, 5) is 36.0. The minimum atomic E-state index is -1.59. The molecular formula is C21H36O9. The Hall–Kier alpha value is -1.71. The van der Waals surface area contributed by atoms with Gasteiger partial charge in [-0.05, 0) is 17.8 Å². The van der Waals surface area contributed by atoms with Crippen molar-refractivity contribution in [2.75, 3.05) is 6.61 Å². The van der Waals surface area contributed by atoms with Gasteiger partial charge < -0.3 is 29.2 Å². The summed E-state index contributed by atoms with van der Waals surface area (Å²) in [5.74, 6) is -1.57. The second kappa shape index (κ2) is 12.2. The van der Waals surface area contributed by atoms with Crippen LogP contribution in [0.4, 0.5) is 0 Å². The van der Waals surface area contributed by atoms with Crippen LogP contribution in [0.2, 0.25) is 0 Å². The van der Waals surface area contributed by atoms with Gasteiger partial charge in [-0.1, -0.05) is 41.5 Å². The van der Waals surface area contributed by atoms with Gasteiger partial charge in [-0.25, -0.2) is 0 Å². The van der Waals surface area contributed by atoms with E-state index in [1.165, 1.54) is 0 Å². The number of carbonyl (C=O) groups excluding carboxylic acids is 3. The molecule has 0 unspecified atom stereocenters. The summed E-state index contributed by atoms with van der Waals surface area (Å²) in [5, 5.41) is 21.1. The normalized spacial score (nSPS) is 26.7. The molecule has 1 aliphatic heterocycles. The van der Waals surface area contributed by atoms with Gasteiger partial charge >= 0.3 is 17.9 Å². The van der Waals surface area contributed by atoms with Gasteiger partial charge in [-0.3, -0.25) is 14.4 Å². The lowest BCUT2D eigenvalue weighted by Crippen LogP contribution is -2.61. The van der Waals surface area contributed by atoms with E-state index in [0.29, 0.717) is 0 Å². The number of rotatable bonds is 10. The van der Waals surface area contributed by atoms with Crippen molar-refractivity contribution in [3.8, 4) is 0 Å². The lowest BCUT2D eigenvalue weighted by Gasteiger charge is -2.41. The second-order valence-corrected chi connectivity index (χ2v) is 8.95. The van der Waals surface area contributed by atoms with Crippen molar-refractivity contribution < 1.29 is 43.5 Å². The predicted molar refractivity (Wildman–Crippen MR) is 106 cm³/mol. The maximum absolute atomic E-state index is 12.1. The summed E-state index contributed by atoms with van der Waals surface area (Å²) in [6, 6.07) is 0. The molecule has 0 saturated carbocycles. The molecule has 0 aliphatic carbocycles. The van der Waals surface area contributed by atoms with Crippen molar-refractivity contribution in [2.45, 2.75) is 91.5 Å². The molecule has 9 nitrogen and oxygen atoms in total. The maximum atomic E-state index is 12.1. The van der Waals surface area contributed by atoms with Gasteiger partial charge in [0.25, 0.3) is 0 Å². The fourth-order valence-electron chi connectivity index (χ4n) is 2.89. The van der Waals surface area contributed by atoms with Crippen molar-refractivity contribution in [2.24, 2.45) is 17.8 Å². The summed E-state index contributed by atoms with van der Waals surface area (Å²) in [7, 11) is 0. The van der Waals surface area contributed by atoms with E-state index in [-0.39, 0.29) is 43.6 Å². The van der Waals surface area contributed by atoms with Crippen LogP contribution in [0, 0.1) is 17.8 Å². The molecule has 5 atom stereocenters. The molecule has 0 aromatic heterocycles. The molecular weight excluding hydrogens is 396 g/mol. The molecule has 30 heavy (non-hydrogen) atoms. The average Bonchev–Trinajstić information content (AvgIpc) is 2.58. The van der Waals surface area contributed by atoms with E-state index in [1.807, 2.05) is 41.5 Å². The van der Waals surface area contributed by atoms with E-state index >= 15 is 0 Å². The number of hydrogen-bond donors (Lipinski definition) is 2. The van der Waals surface area contributed by atoms with Gasteiger partial charge in [0.05, 0.1) is 0 Å². The van der Waals surface area contributed by atoms with Crippen LogP contribution in [0.5, 0.6) is 0 Å². The summed E-state index contributed by atoms with van der Waals surface area (Å²) in [6.45, 7) is 10.7. The number of hydrogen-bond acceptors (Lipinski definition) is 9. The monoisotopic (exact) mass is 432 g/mol. The van der Waals surface area contributed by atoms with E-state index in [0.717, 1.165) is 0 Å². The number of carbonyl (C=O) groups is 3. The third-order valence-corrected chi connectivity index (χ3v) is 4.29. The van der Waals surface area contributed by atoms with Crippen LogP contribution < -0.4 is 0 Å². The zero-order valence-electron chi connectivity index (χ0n) is 18.7.